The molecule has 0 aromatic heterocycles. The van der Waals surface area contributed by atoms with Gasteiger partial charge in [0.25, 0.3) is 5.69 Å². The molecule has 2 aromatic carbocycles. The van der Waals surface area contributed by atoms with E-state index in [9.17, 15) is 14.9 Å². The summed E-state index contributed by atoms with van der Waals surface area (Å²) in [5, 5.41) is 20.3. The number of para-hydroxylation sites is 1. The number of carbonyl (C=O) groups is 1. The predicted molar refractivity (Wildman–Crippen MR) is 80.0 cm³/mol. The van der Waals surface area contributed by atoms with Gasteiger partial charge in [0.2, 0.25) is 0 Å². The van der Waals surface area contributed by atoms with Gasteiger partial charge in [-0.05, 0) is 24.3 Å². The summed E-state index contributed by atoms with van der Waals surface area (Å²) < 4.78 is 0. The molecule has 0 saturated carbocycles. The van der Waals surface area contributed by atoms with Crippen molar-refractivity contribution in [1.82, 2.24) is 0 Å². The summed E-state index contributed by atoms with van der Waals surface area (Å²) >= 11 is 6.96. The van der Waals surface area contributed by atoms with Crippen molar-refractivity contribution >= 4 is 40.7 Å². The van der Waals surface area contributed by atoms with Gasteiger partial charge in [-0.2, -0.15) is 0 Å². The van der Waals surface area contributed by atoms with Gasteiger partial charge < -0.3 is 10.8 Å². The van der Waals surface area contributed by atoms with Gasteiger partial charge in [-0.25, -0.2) is 4.79 Å². The van der Waals surface area contributed by atoms with E-state index in [0.29, 0.717) is 20.5 Å². The minimum atomic E-state index is -1.23. The van der Waals surface area contributed by atoms with Crippen molar-refractivity contribution < 1.29 is 14.8 Å². The zero-order valence-corrected chi connectivity index (χ0v) is 12.0. The first-order valence-electron chi connectivity index (χ1n) is 5.63. The lowest BCUT2D eigenvalue weighted by Gasteiger charge is -2.07. The molecule has 108 valence electrons. The van der Waals surface area contributed by atoms with Gasteiger partial charge in [0.1, 0.15) is 0 Å². The highest BCUT2D eigenvalue weighted by atomic mass is 35.5. The van der Waals surface area contributed by atoms with Gasteiger partial charge >= 0.3 is 5.97 Å². The molecule has 0 aliphatic rings. The van der Waals surface area contributed by atoms with E-state index >= 15 is 0 Å². The molecule has 21 heavy (non-hydrogen) atoms. The molecule has 0 saturated heterocycles. The molecular weight excluding hydrogens is 316 g/mol. The molecule has 0 aliphatic carbocycles. The molecule has 0 fully saturated rings. The lowest BCUT2D eigenvalue weighted by atomic mass is 10.2. The molecule has 2 aromatic rings. The van der Waals surface area contributed by atoms with Crippen LogP contribution in [0.3, 0.4) is 0 Å². The zero-order valence-electron chi connectivity index (χ0n) is 10.4. The lowest BCUT2D eigenvalue weighted by Crippen LogP contribution is -1.99. The molecule has 0 bridgehead atoms. The fourth-order valence-corrected chi connectivity index (χ4v) is 2.81. The number of nitrogens with zero attached hydrogens (tertiary/aromatic N) is 1. The largest absolute Gasteiger partial charge is 0.478 e. The van der Waals surface area contributed by atoms with E-state index in [4.69, 9.17) is 22.4 Å². The van der Waals surface area contributed by atoms with Gasteiger partial charge in [-0.3, -0.25) is 10.1 Å². The van der Waals surface area contributed by atoms with Crippen LogP contribution in [0.15, 0.2) is 46.2 Å². The van der Waals surface area contributed by atoms with Crippen LogP contribution in [0.25, 0.3) is 0 Å². The van der Waals surface area contributed by atoms with Crippen molar-refractivity contribution in [2.45, 2.75) is 9.79 Å². The molecule has 0 aliphatic heterocycles. The average molecular weight is 325 g/mol. The quantitative estimate of drug-likeness (QED) is 0.504. The van der Waals surface area contributed by atoms with Crippen LogP contribution in [-0.4, -0.2) is 16.0 Å². The smallest absolute Gasteiger partial charge is 0.335 e. The van der Waals surface area contributed by atoms with E-state index in [2.05, 4.69) is 0 Å². The second-order valence-electron chi connectivity index (χ2n) is 4.00. The van der Waals surface area contributed by atoms with Gasteiger partial charge in [-0.1, -0.05) is 29.4 Å². The molecule has 6 nitrogen and oxygen atoms in total. The Morgan fingerprint density at radius 2 is 2.00 bits per heavy atom. The van der Waals surface area contributed by atoms with Crippen LogP contribution in [0.4, 0.5) is 11.4 Å². The molecule has 8 heteroatoms. The van der Waals surface area contributed by atoms with Crippen molar-refractivity contribution in [1.29, 1.82) is 0 Å². The summed E-state index contributed by atoms with van der Waals surface area (Å²) in [5.41, 5.74) is 5.70. The normalized spacial score (nSPS) is 10.3. The summed E-state index contributed by atoms with van der Waals surface area (Å²) in [7, 11) is 0. The summed E-state index contributed by atoms with van der Waals surface area (Å²) in [4.78, 5) is 22.2. The maximum atomic E-state index is 11.1. The third-order valence-corrected chi connectivity index (χ3v) is 4.11. The second kappa shape index (κ2) is 6.02. The summed E-state index contributed by atoms with van der Waals surface area (Å²) in [6.07, 6.45) is 0. The Labute approximate surface area is 128 Å². The number of carboxylic acids is 1. The number of aromatic carboxylic acids is 1. The van der Waals surface area contributed by atoms with E-state index in [1.54, 1.807) is 18.2 Å². The third kappa shape index (κ3) is 3.26. The topological polar surface area (TPSA) is 106 Å². The number of nitrogen functional groups attached to an aromatic ring is 1. The number of hydrogen-bond acceptors (Lipinski definition) is 5. The van der Waals surface area contributed by atoms with Crippen molar-refractivity contribution in [2.24, 2.45) is 0 Å². The third-order valence-electron chi connectivity index (χ3n) is 2.64. The molecule has 0 spiro atoms. The number of nitro benzene ring substituents is 1. The van der Waals surface area contributed by atoms with Crippen LogP contribution in [-0.2, 0) is 0 Å². The summed E-state index contributed by atoms with van der Waals surface area (Å²) in [5.74, 6) is -1.23. The van der Waals surface area contributed by atoms with E-state index in [0.717, 1.165) is 17.8 Å². The molecular formula is C13H9ClN2O4S. The molecule has 3 N–H and O–H groups in total. The highest BCUT2D eigenvalue weighted by Gasteiger charge is 2.19. The van der Waals surface area contributed by atoms with E-state index < -0.39 is 10.9 Å². The standard InChI is InChI=1S/C13H9ClN2O4S/c14-8-2-1-3-11(12(8)15)21-10-5-4-7(13(17)18)6-9(10)16(19)20/h1-6H,15H2,(H,17,18). The van der Waals surface area contributed by atoms with Crippen LogP contribution < -0.4 is 5.73 Å². The van der Waals surface area contributed by atoms with Crippen molar-refractivity contribution in [3.8, 4) is 0 Å². The molecule has 0 atom stereocenters. The van der Waals surface area contributed by atoms with E-state index in [1.165, 1.54) is 12.1 Å². The molecule has 0 amide bonds. The zero-order chi connectivity index (χ0) is 15.6. The number of nitro groups is 1. The second-order valence-corrected chi connectivity index (χ2v) is 5.49. The minimum Gasteiger partial charge on any atom is -0.478 e. The van der Waals surface area contributed by atoms with Crippen molar-refractivity contribution in [3.05, 3.63) is 57.1 Å². The summed E-state index contributed by atoms with van der Waals surface area (Å²) in [6.45, 7) is 0. The highest BCUT2D eigenvalue weighted by molar-refractivity contribution is 7.99. The Kier molecular flexibility index (Phi) is 4.35. The Balaban J connectivity index is 2.46. The number of hydrogen-bond donors (Lipinski definition) is 2. The highest BCUT2D eigenvalue weighted by Crippen LogP contribution is 2.39. The van der Waals surface area contributed by atoms with Gasteiger partial charge in [0.05, 0.1) is 26.1 Å². The van der Waals surface area contributed by atoms with Crippen LogP contribution in [0, 0.1) is 10.1 Å². The number of benzene rings is 2. The maximum absolute atomic E-state index is 11.1. The maximum Gasteiger partial charge on any atom is 0.335 e. The monoisotopic (exact) mass is 324 g/mol. The van der Waals surface area contributed by atoms with E-state index in [1.807, 2.05) is 0 Å². The Hall–Kier alpha value is -2.25. The van der Waals surface area contributed by atoms with Crippen molar-refractivity contribution in [2.75, 3.05) is 5.73 Å². The Morgan fingerprint density at radius 3 is 2.62 bits per heavy atom. The Morgan fingerprint density at radius 1 is 1.29 bits per heavy atom. The first-order chi connectivity index (χ1) is 9.90. The first-order valence-corrected chi connectivity index (χ1v) is 6.83. The molecule has 2 rings (SSSR count). The van der Waals surface area contributed by atoms with Crippen LogP contribution in [0.2, 0.25) is 5.02 Å². The lowest BCUT2D eigenvalue weighted by molar-refractivity contribution is -0.387. The summed E-state index contributed by atoms with van der Waals surface area (Å²) in [6, 6.07) is 8.68. The number of carboxylic acid groups (broad SMARTS) is 1. The number of anilines is 1. The number of halogens is 1. The SMILES string of the molecule is Nc1c(Cl)cccc1Sc1ccc(C(=O)O)cc1[N+](=O)[O-]. The van der Waals surface area contributed by atoms with Crippen LogP contribution in [0.5, 0.6) is 0 Å². The van der Waals surface area contributed by atoms with E-state index in [-0.39, 0.29) is 11.3 Å². The minimum absolute atomic E-state index is 0.148. The Bertz CT molecular complexity index is 736. The van der Waals surface area contributed by atoms with Crippen molar-refractivity contribution in [3.63, 3.8) is 0 Å². The van der Waals surface area contributed by atoms with Crippen LogP contribution in [0.1, 0.15) is 10.4 Å². The van der Waals surface area contributed by atoms with Crippen LogP contribution >= 0.6 is 23.4 Å². The molecule has 0 heterocycles. The number of nitrogens with two attached hydrogens (primary N) is 1. The first kappa shape index (κ1) is 15.1. The number of rotatable bonds is 4. The molecule has 0 unspecified atom stereocenters. The fraction of sp³-hybridized carbons (Fsp3) is 0. The molecule has 0 radical (unpaired) electrons. The van der Waals surface area contributed by atoms with Gasteiger partial charge in [0.15, 0.2) is 0 Å². The average Bonchev–Trinajstić information content (AvgIpc) is 2.43. The van der Waals surface area contributed by atoms with Gasteiger partial charge in [0, 0.05) is 11.0 Å². The fourth-order valence-electron chi connectivity index (χ4n) is 1.60. The van der Waals surface area contributed by atoms with Gasteiger partial charge in [-0.15, -0.1) is 0 Å². The predicted octanol–water partition coefficient (Wildman–Crippen LogP) is 3.68.